The van der Waals surface area contributed by atoms with Gasteiger partial charge in [0.25, 0.3) is 0 Å². The molecule has 0 aromatic heterocycles. The van der Waals surface area contributed by atoms with Crippen molar-refractivity contribution in [3.8, 4) is 0 Å². The molecule has 0 aliphatic carbocycles. The summed E-state index contributed by atoms with van der Waals surface area (Å²) in [6.07, 6.45) is 2.37. The summed E-state index contributed by atoms with van der Waals surface area (Å²) < 4.78 is 2.37. The monoisotopic (exact) mass is 226 g/mol. The molecule has 0 aromatic carbocycles. The Hall–Kier alpha value is -0.410. The zero-order valence-corrected chi connectivity index (χ0v) is 11.0. The van der Waals surface area contributed by atoms with Crippen LogP contribution in [0.2, 0.25) is 0 Å². The third kappa shape index (κ3) is 1.61. The molecule has 92 valence electrons. The lowest BCUT2D eigenvalue weighted by atomic mass is 9.90. The van der Waals surface area contributed by atoms with Crippen molar-refractivity contribution >= 4 is 6.29 Å². The molecule has 3 rings (SSSR count). The van der Waals surface area contributed by atoms with Gasteiger partial charge in [0, 0.05) is 0 Å². The highest BCUT2D eigenvalue weighted by Gasteiger charge is 2.54. The summed E-state index contributed by atoms with van der Waals surface area (Å²) in [5, 5.41) is 0. The van der Waals surface area contributed by atoms with Gasteiger partial charge in [-0.1, -0.05) is 6.92 Å². The molecule has 0 spiro atoms. The Morgan fingerprint density at radius 1 is 1.06 bits per heavy atom. The third-order valence-corrected chi connectivity index (χ3v) is 5.62. The molecule has 3 aliphatic heterocycles. The summed E-state index contributed by atoms with van der Waals surface area (Å²) >= 11 is 0. The predicted molar refractivity (Wildman–Crippen MR) is 65.0 cm³/mol. The van der Waals surface area contributed by atoms with E-state index in [4.69, 9.17) is 0 Å². The number of aldehydes is 1. The fourth-order valence-electron chi connectivity index (χ4n) is 3.56. The molecule has 2 bridgehead atoms. The molecule has 0 atom stereocenters. The molecular weight excluding hydrogens is 200 g/mol. The summed E-state index contributed by atoms with van der Waals surface area (Å²) in [7, 11) is 0. The first-order valence-electron chi connectivity index (χ1n) is 6.64. The number of nitrogens with zero attached hydrogens (tertiary/aromatic N) is 2. The van der Waals surface area contributed by atoms with Gasteiger partial charge < -0.3 is 8.97 Å². The van der Waals surface area contributed by atoms with Crippen LogP contribution in [0, 0.1) is 0 Å². The number of fused-ring (bicyclic) bond motifs is 3. The van der Waals surface area contributed by atoms with Gasteiger partial charge in [0.1, 0.15) is 45.8 Å². The van der Waals surface area contributed by atoms with Gasteiger partial charge in [-0.2, -0.15) is 0 Å². The van der Waals surface area contributed by atoms with Gasteiger partial charge in [-0.15, -0.1) is 0 Å². The van der Waals surface area contributed by atoms with Crippen LogP contribution in [-0.2, 0) is 4.79 Å². The van der Waals surface area contributed by atoms with Crippen molar-refractivity contribution in [3.05, 3.63) is 0 Å². The van der Waals surface area contributed by atoms with E-state index in [0.29, 0.717) is 5.54 Å². The first-order chi connectivity index (χ1) is 7.49. The van der Waals surface area contributed by atoms with Crippen LogP contribution < -0.4 is 0 Å². The fourth-order valence-corrected chi connectivity index (χ4v) is 3.56. The molecule has 3 saturated heterocycles. The Kier molecular flexibility index (Phi) is 2.87. The minimum atomic E-state index is 0.414. The maximum absolute atomic E-state index is 10.8. The molecule has 16 heavy (non-hydrogen) atoms. The summed E-state index contributed by atoms with van der Waals surface area (Å²) in [5.74, 6) is 0. The third-order valence-electron chi connectivity index (χ3n) is 5.62. The molecule has 3 nitrogen and oxygen atoms in total. The topological polar surface area (TPSA) is 17.1 Å². The normalized spacial score (nSPS) is 38.7. The van der Waals surface area contributed by atoms with Gasteiger partial charge in [-0.25, -0.2) is 0 Å². The van der Waals surface area contributed by atoms with E-state index >= 15 is 0 Å². The highest BCUT2D eigenvalue weighted by Crippen LogP contribution is 2.36. The summed E-state index contributed by atoms with van der Waals surface area (Å²) in [4.78, 5) is 10.8. The van der Waals surface area contributed by atoms with Crippen molar-refractivity contribution in [2.24, 2.45) is 0 Å². The van der Waals surface area contributed by atoms with Gasteiger partial charge in [-0.05, 0) is 20.3 Å². The lowest BCUT2D eigenvalue weighted by Gasteiger charge is -2.60. The van der Waals surface area contributed by atoms with E-state index in [0.717, 1.165) is 17.3 Å². The van der Waals surface area contributed by atoms with Crippen molar-refractivity contribution in [3.63, 3.8) is 0 Å². The van der Waals surface area contributed by atoms with Crippen LogP contribution in [0.1, 0.15) is 27.2 Å². The fraction of sp³-hybridized carbons (Fsp3) is 0.923. The molecule has 3 heteroatoms. The van der Waals surface area contributed by atoms with E-state index in [2.05, 4.69) is 20.8 Å². The number of rotatable bonds is 4. The number of carbonyl (C=O) groups is 1. The molecular formula is C13H26N2O+2. The van der Waals surface area contributed by atoms with Crippen LogP contribution in [0.3, 0.4) is 0 Å². The zero-order valence-electron chi connectivity index (χ0n) is 11.0. The predicted octanol–water partition coefficient (Wildman–Crippen LogP) is 1.03. The second-order valence-electron chi connectivity index (χ2n) is 6.34. The average Bonchev–Trinajstić information content (AvgIpc) is 2.31. The zero-order chi connectivity index (χ0) is 11.9. The highest BCUT2D eigenvalue weighted by molar-refractivity contribution is 5.50. The first-order valence-corrected chi connectivity index (χ1v) is 6.64. The van der Waals surface area contributed by atoms with E-state index < -0.39 is 0 Å². The van der Waals surface area contributed by atoms with E-state index in [1.165, 1.54) is 50.2 Å². The maximum Gasteiger partial charge on any atom is 0.174 e. The van der Waals surface area contributed by atoms with E-state index in [-0.39, 0.29) is 0 Å². The van der Waals surface area contributed by atoms with Crippen molar-refractivity contribution in [2.75, 3.05) is 45.8 Å². The quantitative estimate of drug-likeness (QED) is 0.517. The minimum absolute atomic E-state index is 0.414. The largest absolute Gasteiger partial charge is 0.305 e. The van der Waals surface area contributed by atoms with Crippen LogP contribution in [0.5, 0.6) is 0 Å². The summed E-state index contributed by atoms with van der Waals surface area (Å²) in [5.41, 5.74) is 0.414. The Morgan fingerprint density at radius 3 is 1.94 bits per heavy atom. The van der Waals surface area contributed by atoms with Crippen LogP contribution >= 0.6 is 0 Å². The van der Waals surface area contributed by atoms with Gasteiger partial charge in [-0.3, -0.25) is 4.79 Å². The molecule has 0 N–H and O–H groups in total. The smallest absolute Gasteiger partial charge is 0.174 e. The number of piperazine rings is 3. The summed E-state index contributed by atoms with van der Waals surface area (Å²) in [6, 6.07) is 0. The number of quaternary nitrogens is 2. The molecule has 3 fully saturated rings. The molecule has 3 aliphatic rings. The molecule has 0 unspecified atom stereocenters. The van der Waals surface area contributed by atoms with Crippen LogP contribution in [0.15, 0.2) is 0 Å². The van der Waals surface area contributed by atoms with Crippen molar-refractivity contribution in [2.45, 2.75) is 32.7 Å². The highest BCUT2D eigenvalue weighted by atomic mass is 16.1. The lowest BCUT2D eigenvalue weighted by molar-refractivity contribution is -1.10. The van der Waals surface area contributed by atoms with Crippen LogP contribution in [-0.4, -0.2) is 66.6 Å². The maximum atomic E-state index is 10.8. The van der Waals surface area contributed by atoms with Gasteiger partial charge in [0.05, 0.1) is 5.54 Å². The first kappa shape index (κ1) is 12.1. The van der Waals surface area contributed by atoms with Crippen LogP contribution in [0.25, 0.3) is 0 Å². The Labute approximate surface area is 99.2 Å². The van der Waals surface area contributed by atoms with Crippen molar-refractivity contribution in [1.82, 2.24) is 0 Å². The second-order valence-corrected chi connectivity index (χ2v) is 6.34. The number of hydrogen-bond acceptors (Lipinski definition) is 1. The van der Waals surface area contributed by atoms with Crippen LogP contribution in [0.4, 0.5) is 0 Å². The van der Waals surface area contributed by atoms with Gasteiger partial charge in [0.2, 0.25) is 0 Å². The molecule has 0 radical (unpaired) electrons. The molecule has 0 aromatic rings. The second kappa shape index (κ2) is 3.81. The number of carbonyl (C=O) groups excluding carboxylic acids is 1. The lowest BCUT2D eigenvalue weighted by Crippen LogP contribution is -2.79. The molecule has 0 saturated carbocycles. The Balaban J connectivity index is 2.14. The molecule has 0 amide bonds. The van der Waals surface area contributed by atoms with E-state index in [1.807, 2.05) is 0 Å². The minimum Gasteiger partial charge on any atom is -0.305 e. The standard InChI is InChI=1S/C13H26N2O/c1-4-13(2,3)15-8-5-14(6-9-15,7-10-15)11-12-16/h12H,4-11H2,1-3H3/q+2. The van der Waals surface area contributed by atoms with Crippen molar-refractivity contribution in [1.29, 1.82) is 0 Å². The Bertz CT molecular complexity index is 261. The SMILES string of the molecule is CCC(C)(C)[N+]12CC[N+](CC=O)(CC1)CC2. The summed E-state index contributed by atoms with van der Waals surface area (Å²) in [6.45, 7) is 15.3. The van der Waals surface area contributed by atoms with Crippen molar-refractivity contribution < 1.29 is 13.8 Å². The van der Waals surface area contributed by atoms with Gasteiger partial charge in [0.15, 0.2) is 6.29 Å². The number of hydrogen-bond donors (Lipinski definition) is 0. The van der Waals surface area contributed by atoms with E-state index in [1.54, 1.807) is 0 Å². The van der Waals surface area contributed by atoms with Gasteiger partial charge >= 0.3 is 0 Å². The Morgan fingerprint density at radius 2 is 1.56 bits per heavy atom. The molecule has 3 heterocycles. The van der Waals surface area contributed by atoms with E-state index in [9.17, 15) is 4.79 Å². The average molecular weight is 226 g/mol.